The lowest BCUT2D eigenvalue weighted by molar-refractivity contribution is 0.107. The first-order chi connectivity index (χ1) is 9.75. The number of aliphatic imine (C=N–C) groups is 1. The minimum absolute atomic E-state index is 0.0699. The number of hydrogen-bond acceptors (Lipinski definition) is 3. The molecule has 0 bridgehead atoms. The molecule has 2 heterocycles. The molecule has 4 rings (SSSR count). The molecule has 0 unspecified atom stereocenters. The van der Waals surface area contributed by atoms with Gasteiger partial charge in [-0.2, -0.15) is 0 Å². The first-order valence-corrected chi connectivity index (χ1v) is 6.28. The average Bonchev–Trinajstić information content (AvgIpc) is 2.98. The van der Waals surface area contributed by atoms with Crippen LogP contribution < -0.4 is 0 Å². The molecule has 0 saturated carbocycles. The number of carbonyl (C=O) groups is 1. The summed E-state index contributed by atoms with van der Waals surface area (Å²) in [5.74, 6) is -0.0945. The lowest BCUT2D eigenvalue weighted by Gasteiger charge is -1.96. The van der Waals surface area contributed by atoms with E-state index in [2.05, 4.69) is 9.98 Å². The molecule has 0 aliphatic carbocycles. The van der Waals surface area contributed by atoms with Crippen LogP contribution in [0.5, 0.6) is 5.75 Å². The molecule has 1 aliphatic heterocycles. The molecule has 20 heavy (non-hydrogen) atoms. The zero-order valence-electron chi connectivity index (χ0n) is 10.4. The monoisotopic (exact) mass is 262 g/mol. The lowest BCUT2D eigenvalue weighted by atomic mass is 10.1. The fourth-order valence-corrected chi connectivity index (χ4v) is 2.53. The Kier molecular flexibility index (Phi) is 2.09. The molecule has 1 aliphatic rings. The normalized spacial score (nSPS) is 13.6. The van der Waals surface area contributed by atoms with Gasteiger partial charge in [-0.25, -0.2) is 4.99 Å². The summed E-state index contributed by atoms with van der Waals surface area (Å²) in [6.07, 6.45) is 0. The van der Waals surface area contributed by atoms with Gasteiger partial charge in [0.25, 0.3) is 0 Å². The summed E-state index contributed by atoms with van der Waals surface area (Å²) in [4.78, 5) is 19.8. The Morgan fingerprint density at radius 2 is 1.75 bits per heavy atom. The highest BCUT2D eigenvalue weighted by molar-refractivity contribution is 6.55. The van der Waals surface area contributed by atoms with Crippen molar-refractivity contribution in [3.63, 3.8) is 0 Å². The molecule has 2 aromatic carbocycles. The molecule has 2 N–H and O–H groups in total. The van der Waals surface area contributed by atoms with Crippen molar-refractivity contribution < 1.29 is 9.90 Å². The summed E-state index contributed by atoms with van der Waals surface area (Å²) in [6, 6.07) is 14.5. The summed E-state index contributed by atoms with van der Waals surface area (Å²) >= 11 is 0. The van der Waals surface area contributed by atoms with Crippen LogP contribution in [0.3, 0.4) is 0 Å². The molecule has 0 atom stereocenters. The molecule has 1 aromatic heterocycles. The summed E-state index contributed by atoms with van der Waals surface area (Å²) in [7, 11) is 0. The summed E-state index contributed by atoms with van der Waals surface area (Å²) in [5, 5.41) is 11.0. The molecule has 96 valence electrons. The Labute approximate surface area is 114 Å². The molecule has 4 nitrogen and oxygen atoms in total. The van der Waals surface area contributed by atoms with E-state index in [-0.39, 0.29) is 17.2 Å². The van der Waals surface area contributed by atoms with Crippen LogP contribution in [-0.2, 0) is 0 Å². The van der Waals surface area contributed by atoms with Gasteiger partial charge in [0, 0.05) is 16.5 Å². The Hall–Kier alpha value is -2.88. The third-order valence-corrected chi connectivity index (χ3v) is 3.51. The zero-order chi connectivity index (χ0) is 13.7. The van der Waals surface area contributed by atoms with Gasteiger partial charge in [-0.3, -0.25) is 4.79 Å². The SMILES string of the molecule is O=C1C(c2[nH]c3ccccc3c2O)=Nc2ccccc21. The Morgan fingerprint density at radius 1 is 1.00 bits per heavy atom. The number of nitrogens with one attached hydrogen (secondary N) is 1. The summed E-state index contributed by atoms with van der Waals surface area (Å²) in [6.45, 7) is 0. The van der Waals surface area contributed by atoms with Crippen molar-refractivity contribution in [3.8, 4) is 5.75 Å². The number of hydrogen-bond donors (Lipinski definition) is 2. The maximum Gasteiger partial charge on any atom is 0.215 e. The van der Waals surface area contributed by atoms with Crippen LogP contribution in [0.25, 0.3) is 10.9 Å². The number of aromatic amines is 1. The highest BCUT2D eigenvalue weighted by Crippen LogP contribution is 2.34. The molecule has 3 aromatic rings. The molecule has 0 fully saturated rings. The van der Waals surface area contributed by atoms with E-state index in [1.807, 2.05) is 24.3 Å². The van der Waals surface area contributed by atoms with Gasteiger partial charge in [-0.1, -0.05) is 24.3 Å². The van der Waals surface area contributed by atoms with E-state index in [0.717, 1.165) is 5.52 Å². The minimum Gasteiger partial charge on any atom is -0.505 e. The molecule has 4 heteroatoms. The summed E-state index contributed by atoms with van der Waals surface area (Å²) in [5.41, 5.74) is 2.64. The van der Waals surface area contributed by atoms with Gasteiger partial charge < -0.3 is 10.1 Å². The van der Waals surface area contributed by atoms with Gasteiger partial charge in [-0.05, 0) is 24.3 Å². The van der Waals surface area contributed by atoms with Crippen molar-refractivity contribution in [2.24, 2.45) is 4.99 Å². The highest BCUT2D eigenvalue weighted by Gasteiger charge is 2.29. The van der Waals surface area contributed by atoms with E-state index in [4.69, 9.17) is 0 Å². The van der Waals surface area contributed by atoms with Crippen LogP contribution in [0.2, 0.25) is 0 Å². The van der Waals surface area contributed by atoms with Gasteiger partial charge in [0.1, 0.15) is 11.4 Å². The number of ketones is 1. The maximum absolute atomic E-state index is 12.4. The van der Waals surface area contributed by atoms with Crippen LogP contribution >= 0.6 is 0 Å². The topological polar surface area (TPSA) is 65.5 Å². The molecular formula is C16H10N2O2. The van der Waals surface area contributed by atoms with Crippen molar-refractivity contribution in [1.29, 1.82) is 0 Å². The van der Waals surface area contributed by atoms with Crippen LogP contribution in [0.1, 0.15) is 16.1 Å². The standard InChI is InChI=1S/C16H10N2O2/c19-15-9-5-1-3-7-11(9)17-13(15)14-16(20)10-6-2-4-8-12(10)18-14/h1-8,17,19H. The van der Waals surface area contributed by atoms with Crippen LogP contribution in [0.4, 0.5) is 5.69 Å². The second kappa shape index (κ2) is 3.81. The largest absolute Gasteiger partial charge is 0.505 e. The predicted molar refractivity (Wildman–Crippen MR) is 76.9 cm³/mol. The fraction of sp³-hybridized carbons (Fsp3) is 0. The van der Waals surface area contributed by atoms with E-state index in [9.17, 15) is 9.90 Å². The Bertz CT molecular complexity index is 890. The number of aromatic nitrogens is 1. The molecular weight excluding hydrogens is 252 g/mol. The van der Waals surface area contributed by atoms with E-state index < -0.39 is 0 Å². The van der Waals surface area contributed by atoms with Crippen molar-refractivity contribution in [2.45, 2.75) is 0 Å². The second-order valence-corrected chi connectivity index (χ2v) is 4.70. The maximum atomic E-state index is 12.4. The van der Waals surface area contributed by atoms with Crippen LogP contribution in [-0.4, -0.2) is 21.6 Å². The number of carbonyl (C=O) groups excluding carboxylic acids is 1. The molecule has 0 amide bonds. The molecule has 0 saturated heterocycles. The molecule has 0 spiro atoms. The number of para-hydroxylation sites is 2. The van der Waals surface area contributed by atoms with Gasteiger partial charge in [0.05, 0.1) is 5.69 Å². The van der Waals surface area contributed by atoms with E-state index >= 15 is 0 Å². The third kappa shape index (κ3) is 1.36. The summed E-state index contributed by atoms with van der Waals surface area (Å²) < 4.78 is 0. The minimum atomic E-state index is -0.164. The van der Waals surface area contributed by atoms with Gasteiger partial charge in [0.15, 0.2) is 5.75 Å². The highest BCUT2D eigenvalue weighted by atomic mass is 16.3. The van der Waals surface area contributed by atoms with Gasteiger partial charge in [-0.15, -0.1) is 0 Å². The van der Waals surface area contributed by atoms with E-state index in [0.29, 0.717) is 22.3 Å². The smallest absolute Gasteiger partial charge is 0.215 e. The number of nitrogens with zero attached hydrogens (tertiary/aromatic N) is 1. The number of fused-ring (bicyclic) bond motifs is 2. The Balaban J connectivity index is 1.94. The van der Waals surface area contributed by atoms with Crippen LogP contribution in [0.15, 0.2) is 53.5 Å². The van der Waals surface area contributed by atoms with E-state index in [1.54, 1.807) is 24.3 Å². The van der Waals surface area contributed by atoms with Crippen molar-refractivity contribution in [2.75, 3.05) is 0 Å². The average molecular weight is 262 g/mol. The number of rotatable bonds is 1. The number of H-pyrrole nitrogens is 1. The van der Waals surface area contributed by atoms with Crippen molar-refractivity contribution in [3.05, 3.63) is 59.8 Å². The predicted octanol–water partition coefficient (Wildman–Crippen LogP) is 3.19. The van der Waals surface area contributed by atoms with Crippen molar-refractivity contribution in [1.82, 2.24) is 4.98 Å². The first kappa shape index (κ1) is 11.0. The van der Waals surface area contributed by atoms with Crippen molar-refractivity contribution >= 4 is 28.1 Å². The third-order valence-electron chi connectivity index (χ3n) is 3.51. The quantitative estimate of drug-likeness (QED) is 0.707. The second-order valence-electron chi connectivity index (χ2n) is 4.70. The van der Waals surface area contributed by atoms with E-state index in [1.165, 1.54) is 0 Å². The lowest BCUT2D eigenvalue weighted by Crippen LogP contribution is -2.11. The number of Topliss-reactive ketones (excluding diaryl/α,β-unsaturated/α-hetero) is 1. The fourth-order valence-electron chi connectivity index (χ4n) is 2.53. The first-order valence-electron chi connectivity index (χ1n) is 6.28. The molecule has 0 radical (unpaired) electrons. The van der Waals surface area contributed by atoms with Gasteiger partial charge >= 0.3 is 0 Å². The van der Waals surface area contributed by atoms with Gasteiger partial charge in [0.2, 0.25) is 5.78 Å². The number of aromatic hydroxyl groups is 1. The number of benzene rings is 2. The zero-order valence-corrected chi connectivity index (χ0v) is 10.4. The Morgan fingerprint density at radius 3 is 2.55 bits per heavy atom. The van der Waals surface area contributed by atoms with Crippen LogP contribution in [0, 0.1) is 0 Å².